The van der Waals surface area contributed by atoms with Gasteiger partial charge in [-0.15, -0.1) is 0 Å². The number of ether oxygens (including phenoxy) is 1. The highest BCUT2D eigenvalue weighted by molar-refractivity contribution is 6.32. The van der Waals surface area contributed by atoms with Crippen molar-refractivity contribution in [1.82, 2.24) is 4.90 Å². The van der Waals surface area contributed by atoms with E-state index in [0.717, 1.165) is 11.8 Å². The van der Waals surface area contributed by atoms with E-state index < -0.39 is 0 Å². The van der Waals surface area contributed by atoms with Crippen molar-refractivity contribution in [1.29, 1.82) is 0 Å². The van der Waals surface area contributed by atoms with E-state index in [1.165, 1.54) is 4.90 Å². The molecule has 0 spiro atoms. The van der Waals surface area contributed by atoms with Gasteiger partial charge < -0.3 is 9.64 Å². The number of halogens is 1. The Hall–Kier alpha value is -2.33. The van der Waals surface area contributed by atoms with Crippen LogP contribution in [0.1, 0.15) is 26.3 Å². The predicted molar refractivity (Wildman–Crippen MR) is 85.6 cm³/mol. The summed E-state index contributed by atoms with van der Waals surface area (Å²) in [6.07, 6.45) is 0.732. The molecule has 0 atom stereocenters. The Kier molecular flexibility index (Phi) is 5.17. The molecule has 0 aliphatic heterocycles. The summed E-state index contributed by atoms with van der Waals surface area (Å²) in [6, 6.07) is 12.1. The summed E-state index contributed by atoms with van der Waals surface area (Å²) in [5.41, 5.74) is 2.05. The normalized spacial score (nSPS) is 10.1. The lowest BCUT2D eigenvalue weighted by molar-refractivity contribution is 0.0827. The third kappa shape index (κ3) is 3.86. The molecule has 0 radical (unpaired) electrons. The molecule has 2 rings (SSSR count). The van der Waals surface area contributed by atoms with Crippen LogP contribution in [-0.4, -0.2) is 31.2 Å². The van der Waals surface area contributed by atoms with Crippen LogP contribution in [0.3, 0.4) is 0 Å². The molecule has 0 unspecified atom stereocenters. The second-order valence-electron chi connectivity index (χ2n) is 4.99. The Bertz CT molecular complexity index is 681. The van der Waals surface area contributed by atoms with Crippen molar-refractivity contribution in [3.8, 4) is 5.75 Å². The Morgan fingerprint density at radius 3 is 2.41 bits per heavy atom. The number of nitrogens with zero attached hydrogens (tertiary/aromatic N) is 1. The maximum Gasteiger partial charge on any atom is 0.253 e. The SMILES string of the molecule is CN(C)C(=O)c1ccc(COc2ccc(C=O)cc2Cl)cc1. The molecule has 0 aliphatic carbocycles. The van der Waals surface area contributed by atoms with Gasteiger partial charge in [0.05, 0.1) is 5.02 Å². The summed E-state index contributed by atoms with van der Waals surface area (Å²) in [7, 11) is 3.43. The fraction of sp³-hybridized carbons (Fsp3) is 0.176. The van der Waals surface area contributed by atoms with Gasteiger partial charge in [0, 0.05) is 25.2 Å². The van der Waals surface area contributed by atoms with Crippen LogP contribution in [0.15, 0.2) is 42.5 Å². The molecular weight excluding hydrogens is 302 g/mol. The molecule has 114 valence electrons. The lowest BCUT2D eigenvalue weighted by Crippen LogP contribution is -2.21. The van der Waals surface area contributed by atoms with Crippen molar-refractivity contribution in [2.24, 2.45) is 0 Å². The smallest absolute Gasteiger partial charge is 0.253 e. The zero-order valence-corrected chi connectivity index (χ0v) is 13.1. The number of hydrogen-bond donors (Lipinski definition) is 0. The van der Waals surface area contributed by atoms with Gasteiger partial charge in [-0.05, 0) is 35.9 Å². The molecule has 4 nitrogen and oxygen atoms in total. The quantitative estimate of drug-likeness (QED) is 0.794. The van der Waals surface area contributed by atoms with Crippen molar-refractivity contribution in [3.63, 3.8) is 0 Å². The van der Waals surface area contributed by atoms with Gasteiger partial charge in [0.2, 0.25) is 0 Å². The molecule has 22 heavy (non-hydrogen) atoms. The minimum Gasteiger partial charge on any atom is -0.487 e. The second kappa shape index (κ2) is 7.09. The zero-order chi connectivity index (χ0) is 16.1. The lowest BCUT2D eigenvalue weighted by Gasteiger charge is -2.11. The van der Waals surface area contributed by atoms with E-state index in [2.05, 4.69) is 0 Å². The molecule has 0 aliphatic rings. The van der Waals surface area contributed by atoms with Crippen molar-refractivity contribution >= 4 is 23.8 Å². The van der Waals surface area contributed by atoms with E-state index in [0.29, 0.717) is 28.5 Å². The Morgan fingerprint density at radius 1 is 1.18 bits per heavy atom. The number of rotatable bonds is 5. The molecule has 2 aromatic carbocycles. The minimum atomic E-state index is -0.0417. The molecule has 5 heteroatoms. The fourth-order valence-electron chi connectivity index (χ4n) is 1.87. The third-order valence-corrected chi connectivity index (χ3v) is 3.39. The third-order valence-electron chi connectivity index (χ3n) is 3.09. The van der Waals surface area contributed by atoms with Gasteiger partial charge in [0.1, 0.15) is 18.6 Å². The van der Waals surface area contributed by atoms with E-state index in [4.69, 9.17) is 16.3 Å². The number of benzene rings is 2. The highest BCUT2D eigenvalue weighted by Gasteiger charge is 2.08. The molecule has 0 heterocycles. The molecule has 0 N–H and O–H groups in total. The second-order valence-corrected chi connectivity index (χ2v) is 5.40. The molecule has 0 fully saturated rings. The van der Waals surface area contributed by atoms with Gasteiger partial charge in [-0.1, -0.05) is 23.7 Å². The first-order valence-electron chi connectivity index (χ1n) is 6.69. The molecule has 1 amide bonds. The first-order chi connectivity index (χ1) is 10.5. The van der Waals surface area contributed by atoms with Gasteiger partial charge in [-0.25, -0.2) is 0 Å². The van der Waals surface area contributed by atoms with Gasteiger partial charge in [-0.3, -0.25) is 9.59 Å². The van der Waals surface area contributed by atoms with E-state index in [1.807, 2.05) is 12.1 Å². The fourth-order valence-corrected chi connectivity index (χ4v) is 2.11. The van der Waals surface area contributed by atoms with E-state index >= 15 is 0 Å². The number of carbonyl (C=O) groups excluding carboxylic acids is 2. The number of aldehydes is 1. The topological polar surface area (TPSA) is 46.6 Å². The standard InChI is InChI=1S/C17H16ClNO3/c1-19(2)17(21)14-6-3-12(4-7-14)11-22-16-8-5-13(10-20)9-15(16)18/h3-10H,11H2,1-2H3. The van der Waals surface area contributed by atoms with Crippen molar-refractivity contribution in [2.75, 3.05) is 14.1 Å². The maximum atomic E-state index is 11.8. The summed E-state index contributed by atoms with van der Waals surface area (Å²) >= 11 is 6.04. The average Bonchev–Trinajstić information content (AvgIpc) is 2.53. The van der Waals surface area contributed by atoms with Crippen LogP contribution in [0.2, 0.25) is 5.02 Å². The van der Waals surface area contributed by atoms with Gasteiger partial charge >= 0.3 is 0 Å². The average molecular weight is 318 g/mol. The first kappa shape index (κ1) is 16.0. The molecule has 0 saturated carbocycles. The van der Waals surface area contributed by atoms with E-state index in [-0.39, 0.29) is 5.91 Å². The lowest BCUT2D eigenvalue weighted by atomic mass is 10.1. The summed E-state index contributed by atoms with van der Waals surface area (Å²) in [5, 5.41) is 0.393. The number of hydrogen-bond acceptors (Lipinski definition) is 3. The highest BCUT2D eigenvalue weighted by Crippen LogP contribution is 2.25. The monoisotopic (exact) mass is 317 g/mol. The van der Waals surface area contributed by atoms with Crippen LogP contribution in [0.5, 0.6) is 5.75 Å². The maximum absolute atomic E-state index is 11.8. The van der Waals surface area contributed by atoms with Crippen LogP contribution < -0.4 is 4.74 Å². The highest BCUT2D eigenvalue weighted by atomic mass is 35.5. The molecule has 2 aromatic rings. The van der Waals surface area contributed by atoms with Crippen molar-refractivity contribution in [2.45, 2.75) is 6.61 Å². The summed E-state index contributed by atoms with van der Waals surface area (Å²) in [4.78, 5) is 24.0. The van der Waals surface area contributed by atoms with Crippen LogP contribution in [0.25, 0.3) is 0 Å². The predicted octanol–water partition coefficient (Wildman–Crippen LogP) is 3.43. The van der Waals surface area contributed by atoms with Crippen LogP contribution in [-0.2, 0) is 6.61 Å². The van der Waals surface area contributed by atoms with Crippen molar-refractivity contribution < 1.29 is 14.3 Å². The summed E-state index contributed by atoms with van der Waals surface area (Å²) in [6.45, 7) is 0.330. The molecule has 0 saturated heterocycles. The van der Waals surface area contributed by atoms with Crippen LogP contribution in [0, 0.1) is 0 Å². The van der Waals surface area contributed by atoms with Gasteiger partial charge in [0.15, 0.2) is 0 Å². The Morgan fingerprint density at radius 2 is 1.86 bits per heavy atom. The van der Waals surface area contributed by atoms with Crippen LogP contribution in [0.4, 0.5) is 0 Å². The molecule has 0 bridgehead atoms. The van der Waals surface area contributed by atoms with Crippen LogP contribution >= 0.6 is 11.6 Å². The first-order valence-corrected chi connectivity index (χ1v) is 7.07. The number of amides is 1. The molecule has 0 aromatic heterocycles. The Labute approximate surface area is 134 Å². The number of carbonyl (C=O) groups is 2. The van der Waals surface area contributed by atoms with Crippen molar-refractivity contribution in [3.05, 3.63) is 64.2 Å². The molecular formula is C17H16ClNO3. The summed E-state index contributed by atoms with van der Waals surface area (Å²) < 4.78 is 5.63. The largest absolute Gasteiger partial charge is 0.487 e. The van der Waals surface area contributed by atoms with Gasteiger partial charge in [-0.2, -0.15) is 0 Å². The van der Waals surface area contributed by atoms with E-state index in [1.54, 1.807) is 44.4 Å². The summed E-state index contributed by atoms with van der Waals surface area (Å²) in [5.74, 6) is 0.473. The minimum absolute atomic E-state index is 0.0417. The Balaban J connectivity index is 2.03. The zero-order valence-electron chi connectivity index (χ0n) is 12.4. The van der Waals surface area contributed by atoms with Gasteiger partial charge in [0.25, 0.3) is 5.91 Å². The van der Waals surface area contributed by atoms with E-state index in [9.17, 15) is 9.59 Å².